The third-order valence-electron chi connectivity index (χ3n) is 4.48. The Labute approximate surface area is 129 Å². The number of β-amino-alcohol motifs (C(OH)–C–C–N with tert-alkyl or cyclic N) is 1. The van der Waals surface area contributed by atoms with Crippen LogP contribution in [0.25, 0.3) is 11.0 Å². The van der Waals surface area contributed by atoms with Crippen LogP contribution in [0.4, 0.5) is 0 Å². The average molecular weight is 293 g/mol. The minimum absolute atomic E-state index is 0.417. The molecule has 1 aliphatic heterocycles. The summed E-state index contributed by atoms with van der Waals surface area (Å²) in [7, 11) is 2.05. The molecule has 4 rings (SSSR count). The Morgan fingerprint density at radius 3 is 2.77 bits per heavy atom. The van der Waals surface area contributed by atoms with Crippen molar-refractivity contribution in [2.45, 2.75) is 19.2 Å². The van der Waals surface area contributed by atoms with Crippen LogP contribution in [0.1, 0.15) is 23.1 Å². The summed E-state index contributed by atoms with van der Waals surface area (Å²) in [4.78, 5) is 6.99. The molecular formula is C18H19N3O. The molecule has 4 heteroatoms. The summed E-state index contributed by atoms with van der Waals surface area (Å²) in [6.07, 6.45) is -0.417. The minimum Gasteiger partial charge on any atom is -0.387 e. The predicted octanol–water partition coefficient (Wildman–Crippen LogP) is 2.62. The van der Waals surface area contributed by atoms with Gasteiger partial charge in [-0.2, -0.15) is 0 Å². The number of rotatable bonds is 2. The van der Waals surface area contributed by atoms with Crippen molar-refractivity contribution in [3.05, 3.63) is 65.5 Å². The maximum absolute atomic E-state index is 10.4. The molecule has 0 unspecified atom stereocenters. The van der Waals surface area contributed by atoms with Gasteiger partial charge in [0.05, 0.1) is 23.7 Å². The number of aryl methyl sites for hydroxylation is 1. The van der Waals surface area contributed by atoms with Gasteiger partial charge in [-0.1, -0.05) is 36.4 Å². The third kappa shape index (κ3) is 2.21. The van der Waals surface area contributed by atoms with Gasteiger partial charge < -0.3 is 9.67 Å². The maximum atomic E-state index is 10.4. The Morgan fingerprint density at radius 2 is 1.91 bits per heavy atom. The van der Waals surface area contributed by atoms with Crippen molar-refractivity contribution >= 4 is 11.0 Å². The molecule has 4 nitrogen and oxygen atoms in total. The van der Waals surface area contributed by atoms with E-state index in [0.717, 1.165) is 35.5 Å². The van der Waals surface area contributed by atoms with Gasteiger partial charge in [-0.25, -0.2) is 4.98 Å². The lowest BCUT2D eigenvalue weighted by Gasteiger charge is -2.31. The van der Waals surface area contributed by atoms with Crippen LogP contribution in [0.5, 0.6) is 0 Å². The molecular weight excluding hydrogens is 274 g/mol. The standard InChI is InChI=1S/C18H19N3O/c1-20-16-9-5-4-8-15(16)19-18(20)12-21-10-13-6-2-3-7-14(13)17(22)11-21/h2-9,17,22H,10-12H2,1H3/t17-/m1/s1. The van der Waals surface area contributed by atoms with Gasteiger partial charge in [-0.15, -0.1) is 0 Å². The summed E-state index contributed by atoms with van der Waals surface area (Å²) in [5.74, 6) is 1.03. The van der Waals surface area contributed by atoms with Gasteiger partial charge >= 0.3 is 0 Å². The van der Waals surface area contributed by atoms with Crippen molar-refractivity contribution in [2.24, 2.45) is 7.05 Å². The van der Waals surface area contributed by atoms with E-state index in [0.29, 0.717) is 6.54 Å². The summed E-state index contributed by atoms with van der Waals surface area (Å²) < 4.78 is 2.14. The number of hydrogen-bond acceptors (Lipinski definition) is 3. The summed E-state index contributed by atoms with van der Waals surface area (Å²) in [6, 6.07) is 16.3. The molecule has 0 bridgehead atoms. The molecule has 1 atom stereocenters. The highest BCUT2D eigenvalue weighted by molar-refractivity contribution is 5.75. The molecule has 0 radical (unpaired) electrons. The van der Waals surface area contributed by atoms with E-state index in [4.69, 9.17) is 4.98 Å². The molecule has 112 valence electrons. The van der Waals surface area contributed by atoms with E-state index in [1.165, 1.54) is 5.56 Å². The van der Waals surface area contributed by atoms with Crippen LogP contribution in [0.15, 0.2) is 48.5 Å². The summed E-state index contributed by atoms with van der Waals surface area (Å²) in [5.41, 5.74) is 4.44. The molecule has 1 aromatic heterocycles. The molecule has 1 N–H and O–H groups in total. The van der Waals surface area contributed by atoms with E-state index in [1.807, 2.05) is 36.4 Å². The normalized spacial score (nSPS) is 18.5. The van der Waals surface area contributed by atoms with Crippen molar-refractivity contribution < 1.29 is 5.11 Å². The Hall–Kier alpha value is -2.17. The fraction of sp³-hybridized carbons (Fsp3) is 0.278. The lowest BCUT2D eigenvalue weighted by molar-refractivity contribution is 0.0862. The second-order valence-corrected chi connectivity index (χ2v) is 5.96. The molecule has 0 saturated carbocycles. The van der Waals surface area contributed by atoms with E-state index >= 15 is 0 Å². The lowest BCUT2D eigenvalue weighted by Crippen LogP contribution is -2.33. The Bertz CT molecular complexity index is 824. The number of aliphatic hydroxyl groups excluding tert-OH is 1. The van der Waals surface area contributed by atoms with Gasteiger partial charge in [0.25, 0.3) is 0 Å². The fourth-order valence-electron chi connectivity index (χ4n) is 3.31. The Balaban J connectivity index is 1.62. The summed E-state index contributed by atoms with van der Waals surface area (Å²) >= 11 is 0. The number of imidazole rings is 1. The first kappa shape index (κ1) is 13.5. The molecule has 0 fully saturated rings. The van der Waals surface area contributed by atoms with Crippen molar-refractivity contribution in [1.29, 1.82) is 0 Å². The number of nitrogens with zero attached hydrogens (tertiary/aromatic N) is 3. The van der Waals surface area contributed by atoms with Gasteiger partial charge in [-0.3, -0.25) is 4.90 Å². The van der Waals surface area contributed by atoms with Crippen LogP contribution in [-0.2, 0) is 20.1 Å². The van der Waals surface area contributed by atoms with Crippen LogP contribution < -0.4 is 0 Å². The number of para-hydroxylation sites is 2. The van der Waals surface area contributed by atoms with Crippen molar-refractivity contribution in [2.75, 3.05) is 6.54 Å². The second-order valence-electron chi connectivity index (χ2n) is 5.96. The zero-order chi connectivity index (χ0) is 15.1. The number of aromatic nitrogens is 2. The van der Waals surface area contributed by atoms with E-state index < -0.39 is 6.10 Å². The lowest BCUT2D eigenvalue weighted by atomic mass is 9.97. The highest BCUT2D eigenvalue weighted by atomic mass is 16.3. The first-order valence-corrected chi connectivity index (χ1v) is 7.61. The van der Waals surface area contributed by atoms with Gasteiger partial charge in [-0.05, 0) is 23.3 Å². The number of fused-ring (bicyclic) bond motifs is 2. The largest absolute Gasteiger partial charge is 0.387 e. The molecule has 3 aromatic rings. The van der Waals surface area contributed by atoms with Gasteiger partial charge in [0, 0.05) is 20.1 Å². The topological polar surface area (TPSA) is 41.3 Å². The SMILES string of the molecule is Cn1c(CN2Cc3ccccc3[C@H](O)C2)nc2ccccc21. The number of benzene rings is 2. The first-order valence-electron chi connectivity index (χ1n) is 7.61. The summed E-state index contributed by atoms with van der Waals surface area (Å²) in [6.45, 7) is 2.26. The third-order valence-corrected chi connectivity index (χ3v) is 4.48. The van der Waals surface area contributed by atoms with Crippen LogP contribution in [0, 0.1) is 0 Å². The number of hydrogen-bond donors (Lipinski definition) is 1. The molecule has 0 amide bonds. The smallest absolute Gasteiger partial charge is 0.123 e. The van der Waals surface area contributed by atoms with E-state index in [9.17, 15) is 5.11 Å². The highest BCUT2D eigenvalue weighted by Gasteiger charge is 2.24. The van der Waals surface area contributed by atoms with E-state index in [1.54, 1.807) is 0 Å². The number of aliphatic hydroxyl groups is 1. The second kappa shape index (κ2) is 5.23. The summed E-state index contributed by atoms with van der Waals surface area (Å²) in [5, 5.41) is 10.4. The zero-order valence-electron chi connectivity index (χ0n) is 12.6. The van der Waals surface area contributed by atoms with Gasteiger partial charge in [0.15, 0.2) is 0 Å². The van der Waals surface area contributed by atoms with Gasteiger partial charge in [0.1, 0.15) is 5.82 Å². The molecule has 22 heavy (non-hydrogen) atoms. The van der Waals surface area contributed by atoms with Crippen LogP contribution in [0.2, 0.25) is 0 Å². The fourth-order valence-corrected chi connectivity index (χ4v) is 3.31. The van der Waals surface area contributed by atoms with Gasteiger partial charge in [0.2, 0.25) is 0 Å². The van der Waals surface area contributed by atoms with E-state index in [2.05, 4.69) is 28.6 Å². The predicted molar refractivity (Wildman–Crippen MR) is 86.2 cm³/mol. The molecule has 2 heterocycles. The van der Waals surface area contributed by atoms with Crippen molar-refractivity contribution in [3.63, 3.8) is 0 Å². The van der Waals surface area contributed by atoms with Crippen LogP contribution >= 0.6 is 0 Å². The molecule has 0 saturated heterocycles. The Morgan fingerprint density at radius 1 is 1.14 bits per heavy atom. The quantitative estimate of drug-likeness (QED) is 0.789. The van der Waals surface area contributed by atoms with Crippen molar-refractivity contribution in [1.82, 2.24) is 14.5 Å². The molecule has 0 spiro atoms. The van der Waals surface area contributed by atoms with E-state index in [-0.39, 0.29) is 0 Å². The van der Waals surface area contributed by atoms with Crippen LogP contribution in [-0.4, -0.2) is 26.1 Å². The van der Waals surface area contributed by atoms with Crippen molar-refractivity contribution in [3.8, 4) is 0 Å². The molecule has 1 aliphatic rings. The maximum Gasteiger partial charge on any atom is 0.123 e. The average Bonchev–Trinajstić information content (AvgIpc) is 2.84. The molecule has 2 aromatic carbocycles. The minimum atomic E-state index is -0.417. The Kier molecular flexibility index (Phi) is 3.21. The monoisotopic (exact) mass is 293 g/mol. The van der Waals surface area contributed by atoms with Crippen LogP contribution in [0.3, 0.4) is 0 Å². The zero-order valence-corrected chi connectivity index (χ0v) is 12.6. The molecule has 0 aliphatic carbocycles. The first-order chi connectivity index (χ1) is 10.7. The highest BCUT2D eigenvalue weighted by Crippen LogP contribution is 2.27.